The van der Waals surface area contributed by atoms with Gasteiger partial charge in [0.15, 0.2) is 0 Å². The Kier molecular flexibility index (Phi) is 5.91. The standard InChI is InChI=1S/C23H32O3Se/c1-15(2)17-11-12-22(4,26-16(3)24)19-14-21(25)23(5,20(19)13-17)27-18-9-7-6-8-10-18/h6-10,13,15,19-21,25H,11-12,14H2,1-5H3/t19-,20+,21+,22-,23+/m1/s1. The van der Waals surface area contributed by atoms with Crippen LogP contribution in [0.3, 0.4) is 0 Å². The number of aliphatic hydroxyl groups is 1. The van der Waals surface area contributed by atoms with E-state index in [2.05, 4.69) is 58.0 Å². The molecule has 1 saturated carbocycles. The maximum atomic E-state index is 11.9. The van der Waals surface area contributed by atoms with E-state index in [1.165, 1.54) is 17.0 Å². The summed E-state index contributed by atoms with van der Waals surface area (Å²) in [5, 5.41) is 11.2. The van der Waals surface area contributed by atoms with Crippen molar-refractivity contribution in [2.75, 3.05) is 0 Å². The summed E-state index contributed by atoms with van der Waals surface area (Å²) in [6.45, 7) is 10.3. The Balaban J connectivity index is 2.03. The van der Waals surface area contributed by atoms with Gasteiger partial charge in [0.2, 0.25) is 0 Å². The molecule has 1 aromatic carbocycles. The van der Waals surface area contributed by atoms with Crippen LogP contribution in [0.2, 0.25) is 4.31 Å². The number of benzene rings is 1. The third kappa shape index (κ3) is 4.04. The van der Waals surface area contributed by atoms with Crippen molar-refractivity contribution >= 4 is 25.4 Å². The predicted molar refractivity (Wildman–Crippen MR) is 110 cm³/mol. The summed E-state index contributed by atoms with van der Waals surface area (Å²) in [4.78, 5) is 11.9. The average Bonchev–Trinajstić information content (AvgIpc) is 2.73. The van der Waals surface area contributed by atoms with Crippen molar-refractivity contribution in [3.8, 4) is 0 Å². The van der Waals surface area contributed by atoms with Crippen molar-refractivity contribution in [3.05, 3.63) is 42.0 Å². The number of carbonyl (C=O) groups excluding carboxylic acids is 1. The van der Waals surface area contributed by atoms with Crippen LogP contribution >= 0.6 is 0 Å². The van der Waals surface area contributed by atoms with Crippen LogP contribution in [0.1, 0.15) is 53.9 Å². The van der Waals surface area contributed by atoms with Gasteiger partial charge >= 0.3 is 170 Å². The van der Waals surface area contributed by atoms with E-state index in [0.717, 1.165) is 12.8 Å². The first-order chi connectivity index (χ1) is 12.7. The topological polar surface area (TPSA) is 46.5 Å². The summed E-state index contributed by atoms with van der Waals surface area (Å²) >= 11 is 0.132. The quantitative estimate of drug-likeness (QED) is 0.444. The third-order valence-electron chi connectivity index (χ3n) is 6.52. The molecule has 3 nitrogen and oxygen atoms in total. The number of ether oxygens (including phenoxy) is 1. The second-order valence-corrected chi connectivity index (χ2v) is 12.0. The third-order valence-corrected chi connectivity index (χ3v) is 9.65. The fourth-order valence-electron chi connectivity index (χ4n) is 4.86. The number of rotatable bonds is 4. The van der Waals surface area contributed by atoms with Gasteiger partial charge in [0.25, 0.3) is 0 Å². The number of hydrogen-bond donors (Lipinski definition) is 1. The van der Waals surface area contributed by atoms with E-state index in [-0.39, 0.29) is 43.2 Å². The van der Waals surface area contributed by atoms with Crippen molar-refractivity contribution in [1.82, 2.24) is 0 Å². The van der Waals surface area contributed by atoms with E-state index in [1.807, 2.05) is 6.07 Å². The van der Waals surface area contributed by atoms with Crippen LogP contribution < -0.4 is 4.46 Å². The first-order valence-electron chi connectivity index (χ1n) is 9.98. The van der Waals surface area contributed by atoms with E-state index in [9.17, 15) is 9.90 Å². The van der Waals surface area contributed by atoms with E-state index in [1.54, 1.807) is 0 Å². The molecule has 1 N–H and O–H groups in total. The fourth-order valence-corrected chi connectivity index (χ4v) is 7.80. The molecule has 0 amide bonds. The van der Waals surface area contributed by atoms with Crippen molar-refractivity contribution in [1.29, 1.82) is 0 Å². The Morgan fingerprint density at radius 2 is 1.93 bits per heavy atom. The van der Waals surface area contributed by atoms with Gasteiger partial charge in [-0.15, -0.1) is 0 Å². The molecule has 27 heavy (non-hydrogen) atoms. The Labute approximate surface area is 169 Å². The normalized spacial score (nSPS) is 36.1. The first-order valence-corrected chi connectivity index (χ1v) is 11.7. The van der Waals surface area contributed by atoms with E-state index in [4.69, 9.17) is 4.74 Å². The van der Waals surface area contributed by atoms with E-state index >= 15 is 0 Å². The number of carbonyl (C=O) groups is 1. The molecule has 0 spiro atoms. The Bertz CT molecular complexity index is 714. The summed E-state index contributed by atoms with van der Waals surface area (Å²) in [6, 6.07) is 10.5. The van der Waals surface area contributed by atoms with Gasteiger partial charge in [-0.3, -0.25) is 0 Å². The number of esters is 1. The molecule has 0 saturated heterocycles. The molecule has 0 radical (unpaired) electrons. The van der Waals surface area contributed by atoms with Crippen LogP contribution in [-0.4, -0.2) is 37.7 Å². The predicted octanol–water partition coefficient (Wildman–Crippen LogP) is 3.89. The second-order valence-electron chi connectivity index (χ2n) is 8.79. The molecular weight excluding hydrogens is 403 g/mol. The van der Waals surface area contributed by atoms with Gasteiger partial charge in [-0.25, -0.2) is 0 Å². The molecule has 0 aromatic heterocycles. The van der Waals surface area contributed by atoms with Gasteiger partial charge in [-0.2, -0.15) is 0 Å². The first kappa shape index (κ1) is 20.6. The molecule has 4 heteroatoms. The maximum absolute atomic E-state index is 11.9. The molecule has 3 rings (SSSR count). The molecule has 1 fully saturated rings. The zero-order chi connectivity index (χ0) is 19.8. The van der Waals surface area contributed by atoms with Gasteiger partial charge < -0.3 is 0 Å². The number of allylic oxidation sites excluding steroid dienone is 2. The fraction of sp³-hybridized carbons (Fsp3) is 0.609. The average molecular weight is 435 g/mol. The van der Waals surface area contributed by atoms with Crippen LogP contribution in [0.25, 0.3) is 0 Å². The van der Waals surface area contributed by atoms with Crippen molar-refractivity contribution in [3.63, 3.8) is 0 Å². The molecule has 2 aliphatic carbocycles. The van der Waals surface area contributed by atoms with Gasteiger partial charge in [0.05, 0.1) is 0 Å². The summed E-state index contributed by atoms with van der Waals surface area (Å²) in [6.07, 6.45) is 4.54. The van der Waals surface area contributed by atoms with E-state index in [0.29, 0.717) is 12.3 Å². The molecule has 5 atom stereocenters. The molecule has 148 valence electrons. The Morgan fingerprint density at radius 1 is 1.26 bits per heavy atom. The van der Waals surface area contributed by atoms with Crippen LogP contribution in [0.15, 0.2) is 42.0 Å². The minimum atomic E-state index is -0.519. The molecule has 0 unspecified atom stereocenters. The molecule has 1 aromatic rings. The van der Waals surface area contributed by atoms with Crippen LogP contribution in [0, 0.1) is 17.8 Å². The molecule has 0 aliphatic heterocycles. The summed E-state index contributed by atoms with van der Waals surface area (Å²) in [5.74, 6) is 0.623. The van der Waals surface area contributed by atoms with Gasteiger partial charge in [-0.05, 0) is 0 Å². The minimum absolute atomic E-state index is 0.132. The molecule has 0 bridgehead atoms. The van der Waals surface area contributed by atoms with Gasteiger partial charge in [0, 0.05) is 0 Å². The van der Waals surface area contributed by atoms with Crippen molar-refractivity contribution in [2.24, 2.45) is 17.8 Å². The van der Waals surface area contributed by atoms with Gasteiger partial charge in [-0.1, -0.05) is 0 Å². The van der Waals surface area contributed by atoms with Crippen LogP contribution in [0.5, 0.6) is 0 Å². The van der Waals surface area contributed by atoms with Crippen LogP contribution in [0.4, 0.5) is 0 Å². The zero-order valence-electron chi connectivity index (χ0n) is 17.1. The van der Waals surface area contributed by atoms with E-state index < -0.39 is 5.60 Å². The summed E-state index contributed by atoms with van der Waals surface area (Å²) in [7, 11) is 0. The molecule has 0 heterocycles. The summed E-state index contributed by atoms with van der Waals surface area (Å²) < 4.78 is 7.02. The molecular formula is C23H32O3Se. The summed E-state index contributed by atoms with van der Waals surface area (Å²) in [5.41, 5.74) is 0.917. The Morgan fingerprint density at radius 3 is 2.52 bits per heavy atom. The number of aliphatic hydroxyl groups excluding tert-OH is 1. The van der Waals surface area contributed by atoms with Crippen molar-refractivity contribution in [2.45, 2.75) is 69.9 Å². The SMILES string of the molecule is CC(=O)O[C@]1(C)CCC(C(C)C)=C[C@H]2[C@H]1C[C@H](O)[C@@]2(C)[Se]c1ccccc1. The second kappa shape index (κ2) is 7.73. The monoisotopic (exact) mass is 436 g/mol. The molecule has 2 aliphatic rings. The van der Waals surface area contributed by atoms with Crippen LogP contribution in [-0.2, 0) is 9.53 Å². The Hall–Kier alpha value is -1.09. The number of hydrogen-bond acceptors (Lipinski definition) is 3. The van der Waals surface area contributed by atoms with Gasteiger partial charge in [0.1, 0.15) is 0 Å². The van der Waals surface area contributed by atoms with Crippen molar-refractivity contribution < 1.29 is 14.6 Å². The number of fused-ring (bicyclic) bond motifs is 1. The zero-order valence-corrected chi connectivity index (χ0v) is 18.8.